The lowest BCUT2D eigenvalue weighted by Crippen LogP contribution is -2.56. The number of piperazine rings is 1. The summed E-state index contributed by atoms with van der Waals surface area (Å²) in [6.07, 6.45) is 1.82. The van der Waals surface area contributed by atoms with Crippen molar-refractivity contribution in [3.63, 3.8) is 0 Å². The summed E-state index contributed by atoms with van der Waals surface area (Å²) >= 11 is 0.981. The zero-order chi connectivity index (χ0) is 18.8. The number of amides is 2. The van der Waals surface area contributed by atoms with Crippen LogP contribution in [0.4, 0.5) is 5.00 Å². The fourth-order valence-electron chi connectivity index (χ4n) is 2.91. The van der Waals surface area contributed by atoms with Crippen molar-refractivity contribution in [3.05, 3.63) is 68.7 Å². The highest BCUT2D eigenvalue weighted by molar-refractivity contribution is 7.13. The maximum atomic E-state index is 12.8. The summed E-state index contributed by atoms with van der Waals surface area (Å²) in [6, 6.07) is 10.4. The minimum absolute atomic E-state index is 0.0554. The molecule has 0 spiro atoms. The zero-order valence-corrected chi connectivity index (χ0v) is 15.1. The van der Waals surface area contributed by atoms with E-state index in [0.717, 1.165) is 16.9 Å². The molecule has 1 aliphatic rings. The summed E-state index contributed by atoms with van der Waals surface area (Å²) in [5.41, 5.74) is 1.40. The average Bonchev–Trinajstić information content (AvgIpc) is 3.10. The lowest BCUT2D eigenvalue weighted by molar-refractivity contribution is -0.380. The Kier molecular flexibility index (Phi) is 4.85. The smallest absolute Gasteiger partial charge is 0.328 e. The van der Waals surface area contributed by atoms with Crippen LogP contribution in [0.2, 0.25) is 0 Å². The predicted octanol–water partition coefficient (Wildman–Crippen LogP) is 2.54. The molecule has 134 valence electrons. The number of hydrogen-bond donors (Lipinski definition) is 0. The van der Waals surface area contributed by atoms with E-state index in [9.17, 15) is 19.7 Å². The van der Waals surface area contributed by atoms with Gasteiger partial charge in [0.05, 0.1) is 10.5 Å². The van der Waals surface area contributed by atoms with Crippen LogP contribution in [-0.2, 0) is 16.0 Å². The first-order chi connectivity index (χ1) is 12.4. The topological polar surface area (TPSA) is 83.8 Å². The van der Waals surface area contributed by atoms with Gasteiger partial charge < -0.3 is 9.80 Å². The Balaban J connectivity index is 1.91. The molecule has 1 aliphatic heterocycles. The van der Waals surface area contributed by atoms with Gasteiger partial charge in [-0.3, -0.25) is 19.7 Å². The Labute approximate surface area is 154 Å². The largest absolute Gasteiger partial charge is 0.331 e. The van der Waals surface area contributed by atoms with Crippen molar-refractivity contribution in [1.82, 2.24) is 9.80 Å². The van der Waals surface area contributed by atoms with Gasteiger partial charge in [0.25, 0.3) is 5.91 Å². The highest BCUT2D eigenvalue weighted by Crippen LogP contribution is 2.30. The Morgan fingerprint density at radius 1 is 1.19 bits per heavy atom. The quantitative estimate of drug-likeness (QED) is 0.470. The molecule has 0 radical (unpaired) electrons. The number of thiophene rings is 1. The molecule has 26 heavy (non-hydrogen) atoms. The van der Waals surface area contributed by atoms with Crippen LogP contribution in [-0.4, -0.2) is 46.7 Å². The summed E-state index contributed by atoms with van der Waals surface area (Å²) in [7, 11) is 3.10. The third-order valence-electron chi connectivity index (χ3n) is 4.39. The van der Waals surface area contributed by atoms with Gasteiger partial charge in [0.1, 0.15) is 11.7 Å². The third-order valence-corrected chi connectivity index (χ3v) is 5.27. The normalized spacial score (nSPS) is 19.3. The van der Waals surface area contributed by atoms with Crippen LogP contribution in [0.15, 0.2) is 47.5 Å². The number of benzene rings is 1. The Bertz CT molecular complexity index is 891. The van der Waals surface area contributed by atoms with E-state index in [2.05, 4.69) is 0 Å². The molecule has 7 nitrogen and oxygen atoms in total. The fraction of sp³-hybridized carbons (Fsp3) is 0.222. The molecule has 2 amide bonds. The Hall–Kier alpha value is -3.00. The number of nitrogens with zero attached hydrogens (tertiary/aromatic N) is 3. The highest BCUT2D eigenvalue weighted by atomic mass is 32.1. The SMILES string of the molecule is CN1C(=O)C(Cc2ccccc2)N(C)C(=O)/C1=C/c1ccsc1[N+](=O)[O-]. The Morgan fingerprint density at radius 2 is 1.88 bits per heavy atom. The van der Waals surface area contributed by atoms with Gasteiger partial charge in [-0.15, -0.1) is 0 Å². The number of likely N-dealkylation sites (N-methyl/N-ethyl adjacent to an activating group) is 2. The van der Waals surface area contributed by atoms with Crippen molar-refractivity contribution in [2.45, 2.75) is 12.5 Å². The second-order valence-corrected chi connectivity index (χ2v) is 6.88. The predicted molar refractivity (Wildman–Crippen MR) is 98.4 cm³/mol. The van der Waals surface area contributed by atoms with E-state index in [-0.39, 0.29) is 22.5 Å². The zero-order valence-electron chi connectivity index (χ0n) is 14.3. The molecule has 1 unspecified atom stereocenters. The molecule has 1 aromatic carbocycles. The van der Waals surface area contributed by atoms with E-state index in [0.29, 0.717) is 12.0 Å². The van der Waals surface area contributed by atoms with Crippen LogP contribution in [0.25, 0.3) is 6.08 Å². The van der Waals surface area contributed by atoms with Crippen LogP contribution in [0.3, 0.4) is 0 Å². The summed E-state index contributed by atoms with van der Waals surface area (Å²) in [4.78, 5) is 38.9. The molecule has 0 N–H and O–H groups in total. The first-order valence-corrected chi connectivity index (χ1v) is 8.80. The molecule has 1 atom stereocenters. The number of hydrogen-bond acceptors (Lipinski definition) is 5. The molecule has 1 fully saturated rings. The molecule has 8 heteroatoms. The van der Waals surface area contributed by atoms with Gasteiger partial charge in [-0.25, -0.2) is 0 Å². The third kappa shape index (κ3) is 3.23. The van der Waals surface area contributed by atoms with Gasteiger partial charge in [0.15, 0.2) is 0 Å². The van der Waals surface area contributed by atoms with E-state index in [1.54, 1.807) is 18.5 Å². The van der Waals surface area contributed by atoms with E-state index < -0.39 is 11.0 Å². The van der Waals surface area contributed by atoms with Gasteiger partial charge >= 0.3 is 5.00 Å². The number of rotatable bonds is 4. The Morgan fingerprint density at radius 3 is 2.54 bits per heavy atom. The molecule has 2 heterocycles. The summed E-state index contributed by atoms with van der Waals surface area (Å²) < 4.78 is 0. The number of nitro groups is 1. The molecule has 0 bridgehead atoms. The lowest BCUT2D eigenvalue weighted by Gasteiger charge is -2.38. The summed E-state index contributed by atoms with van der Waals surface area (Å²) in [5, 5.41) is 12.6. The summed E-state index contributed by atoms with van der Waals surface area (Å²) in [6.45, 7) is 0. The first kappa shape index (κ1) is 17.8. The van der Waals surface area contributed by atoms with Crippen molar-refractivity contribution in [2.24, 2.45) is 0 Å². The summed E-state index contributed by atoms with van der Waals surface area (Å²) in [5.74, 6) is -0.561. The van der Waals surface area contributed by atoms with Crippen LogP contribution >= 0.6 is 11.3 Å². The second kappa shape index (κ2) is 7.09. The van der Waals surface area contributed by atoms with Crippen molar-refractivity contribution in [3.8, 4) is 0 Å². The molecule has 1 aromatic heterocycles. The van der Waals surface area contributed by atoms with E-state index in [1.807, 2.05) is 30.3 Å². The lowest BCUT2D eigenvalue weighted by atomic mass is 10.0. The molecular weight excluding hydrogens is 354 g/mol. The minimum Gasteiger partial charge on any atom is -0.328 e. The van der Waals surface area contributed by atoms with Gasteiger partial charge in [-0.1, -0.05) is 41.7 Å². The maximum Gasteiger partial charge on any atom is 0.331 e. The van der Waals surface area contributed by atoms with Crippen molar-refractivity contribution < 1.29 is 14.5 Å². The van der Waals surface area contributed by atoms with Crippen LogP contribution in [0.1, 0.15) is 11.1 Å². The van der Waals surface area contributed by atoms with E-state index >= 15 is 0 Å². The number of carbonyl (C=O) groups excluding carboxylic acids is 2. The standard InChI is InChI=1S/C18H17N3O4S/c1-19-14(10-12-6-4-3-5-7-12)16(22)20(2)15(17(19)23)11-13-8-9-26-18(13)21(24)25/h3-9,11,14H,10H2,1-2H3/b15-11-. The number of carbonyl (C=O) groups is 2. The molecular formula is C18H17N3O4S. The monoisotopic (exact) mass is 371 g/mol. The van der Waals surface area contributed by atoms with Gasteiger partial charge in [0, 0.05) is 20.5 Å². The van der Waals surface area contributed by atoms with Gasteiger partial charge in [-0.2, -0.15) is 0 Å². The highest BCUT2D eigenvalue weighted by Gasteiger charge is 2.39. The van der Waals surface area contributed by atoms with Gasteiger partial charge in [-0.05, 0) is 23.1 Å². The maximum absolute atomic E-state index is 12.8. The molecule has 0 aliphatic carbocycles. The van der Waals surface area contributed by atoms with Crippen LogP contribution < -0.4 is 0 Å². The minimum atomic E-state index is -0.607. The second-order valence-electron chi connectivity index (χ2n) is 5.99. The van der Waals surface area contributed by atoms with Crippen molar-refractivity contribution in [2.75, 3.05) is 14.1 Å². The van der Waals surface area contributed by atoms with Crippen molar-refractivity contribution in [1.29, 1.82) is 0 Å². The molecule has 0 saturated carbocycles. The fourth-order valence-corrected chi connectivity index (χ4v) is 3.60. The van der Waals surface area contributed by atoms with E-state index in [4.69, 9.17) is 0 Å². The average molecular weight is 371 g/mol. The van der Waals surface area contributed by atoms with Crippen molar-refractivity contribution >= 4 is 34.2 Å². The first-order valence-electron chi connectivity index (χ1n) is 7.92. The molecule has 2 aromatic rings. The van der Waals surface area contributed by atoms with Crippen LogP contribution in [0, 0.1) is 10.1 Å². The molecule has 1 saturated heterocycles. The molecule has 3 rings (SSSR count). The van der Waals surface area contributed by atoms with Gasteiger partial charge in [0.2, 0.25) is 5.91 Å². The van der Waals surface area contributed by atoms with Crippen LogP contribution in [0.5, 0.6) is 0 Å². The van der Waals surface area contributed by atoms with E-state index in [1.165, 1.54) is 22.9 Å².